The molecule has 4 nitrogen and oxygen atoms in total. The van der Waals surface area contributed by atoms with E-state index in [0.717, 1.165) is 10.9 Å². The number of nitrogens with one attached hydrogen (secondary N) is 1. The zero-order valence-corrected chi connectivity index (χ0v) is 10.9. The van der Waals surface area contributed by atoms with Gasteiger partial charge < -0.3 is 5.73 Å². The Hall–Kier alpha value is -1.44. The monoisotopic (exact) mass is 286 g/mol. The average molecular weight is 286 g/mol. The van der Waals surface area contributed by atoms with E-state index in [9.17, 15) is 12.8 Å². The van der Waals surface area contributed by atoms with E-state index in [1.165, 1.54) is 41.0 Å². The summed E-state index contributed by atoms with van der Waals surface area (Å²) in [7, 11) is -3.68. The number of rotatable bonds is 4. The van der Waals surface area contributed by atoms with Crippen LogP contribution in [0.25, 0.3) is 0 Å². The molecule has 2 aromatic rings. The predicted molar refractivity (Wildman–Crippen MR) is 69.4 cm³/mol. The molecule has 18 heavy (non-hydrogen) atoms. The number of thiophene rings is 1. The molecule has 0 aliphatic rings. The van der Waals surface area contributed by atoms with E-state index in [-0.39, 0.29) is 10.6 Å². The van der Waals surface area contributed by atoms with Gasteiger partial charge in [0, 0.05) is 16.8 Å². The van der Waals surface area contributed by atoms with Crippen molar-refractivity contribution in [2.24, 2.45) is 5.73 Å². The normalized spacial score (nSPS) is 11.4. The van der Waals surface area contributed by atoms with Gasteiger partial charge in [-0.05, 0) is 24.3 Å². The van der Waals surface area contributed by atoms with Gasteiger partial charge in [0.2, 0.25) is 0 Å². The molecule has 0 spiro atoms. The first-order valence-corrected chi connectivity index (χ1v) is 7.43. The van der Waals surface area contributed by atoms with Crippen LogP contribution in [0.15, 0.2) is 40.6 Å². The van der Waals surface area contributed by atoms with Crippen molar-refractivity contribution in [1.82, 2.24) is 0 Å². The first-order valence-electron chi connectivity index (χ1n) is 5.07. The summed E-state index contributed by atoms with van der Waals surface area (Å²) in [6.07, 6.45) is 0. The third-order valence-electron chi connectivity index (χ3n) is 2.22. The zero-order valence-electron chi connectivity index (χ0n) is 9.26. The number of halogens is 1. The fraction of sp³-hybridized carbons (Fsp3) is 0.0909. The van der Waals surface area contributed by atoms with Crippen molar-refractivity contribution >= 4 is 27.0 Å². The van der Waals surface area contributed by atoms with Crippen LogP contribution in [0.3, 0.4) is 0 Å². The van der Waals surface area contributed by atoms with Crippen molar-refractivity contribution in [3.05, 3.63) is 46.4 Å². The molecule has 0 aliphatic carbocycles. The lowest BCUT2D eigenvalue weighted by Gasteiger charge is -2.06. The lowest BCUT2D eigenvalue weighted by Crippen LogP contribution is -2.12. The molecule has 0 saturated heterocycles. The van der Waals surface area contributed by atoms with Crippen molar-refractivity contribution in [1.29, 1.82) is 0 Å². The Balaban J connectivity index is 2.27. The first kappa shape index (κ1) is 13.0. The molecule has 0 saturated carbocycles. The van der Waals surface area contributed by atoms with Gasteiger partial charge in [0.05, 0.1) is 10.6 Å². The van der Waals surface area contributed by atoms with E-state index in [1.807, 2.05) is 0 Å². The Morgan fingerprint density at radius 1 is 1.33 bits per heavy atom. The summed E-state index contributed by atoms with van der Waals surface area (Å²) in [5, 5.41) is 1.50. The Morgan fingerprint density at radius 2 is 2.11 bits per heavy atom. The zero-order chi connectivity index (χ0) is 13.2. The van der Waals surface area contributed by atoms with Crippen LogP contribution in [-0.2, 0) is 16.6 Å². The number of hydrogen-bond acceptors (Lipinski definition) is 4. The van der Waals surface area contributed by atoms with E-state index >= 15 is 0 Å². The minimum absolute atomic E-state index is 0.136. The molecular formula is C11H11FN2O2S2. The summed E-state index contributed by atoms with van der Waals surface area (Å²) >= 11 is 1.27. The van der Waals surface area contributed by atoms with Crippen molar-refractivity contribution in [3.8, 4) is 0 Å². The van der Waals surface area contributed by atoms with Gasteiger partial charge in [-0.25, -0.2) is 12.8 Å². The second-order valence-corrected chi connectivity index (χ2v) is 6.25. The third kappa shape index (κ3) is 2.87. The summed E-state index contributed by atoms with van der Waals surface area (Å²) in [6, 6.07) is 6.79. The second-order valence-electron chi connectivity index (χ2n) is 3.57. The summed E-state index contributed by atoms with van der Waals surface area (Å²) in [5.74, 6) is -0.497. The highest BCUT2D eigenvalue weighted by molar-refractivity contribution is 7.92. The molecule has 7 heteroatoms. The topological polar surface area (TPSA) is 72.2 Å². The van der Waals surface area contributed by atoms with E-state index in [2.05, 4.69) is 4.72 Å². The maximum Gasteiger partial charge on any atom is 0.262 e. The quantitative estimate of drug-likeness (QED) is 0.904. The Labute approximate surface area is 108 Å². The average Bonchev–Trinajstić information content (AvgIpc) is 2.77. The molecule has 0 amide bonds. The van der Waals surface area contributed by atoms with E-state index < -0.39 is 15.8 Å². The van der Waals surface area contributed by atoms with Gasteiger partial charge in [-0.2, -0.15) is 0 Å². The molecule has 2 rings (SSSR count). The largest absolute Gasteiger partial charge is 0.326 e. The lowest BCUT2D eigenvalue weighted by molar-refractivity contribution is 0.601. The first-order chi connectivity index (χ1) is 8.51. The van der Waals surface area contributed by atoms with Gasteiger partial charge in [-0.1, -0.05) is 6.07 Å². The highest BCUT2D eigenvalue weighted by Gasteiger charge is 2.16. The second kappa shape index (κ2) is 5.05. The molecule has 1 heterocycles. The van der Waals surface area contributed by atoms with Gasteiger partial charge in [-0.3, -0.25) is 4.72 Å². The van der Waals surface area contributed by atoms with E-state index in [0.29, 0.717) is 6.54 Å². The van der Waals surface area contributed by atoms with Crippen LogP contribution < -0.4 is 10.5 Å². The van der Waals surface area contributed by atoms with Crippen LogP contribution in [0.4, 0.5) is 10.1 Å². The summed E-state index contributed by atoms with van der Waals surface area (Å²) in [6.45, 7) is 0.292. The fourth-order valence-corrected chi connectivity index (χ4v) is 3.58. The summed E-state index contributed by atoms with van der Waals surface area (Å²) in [5.41, 5.74) is 5.61. The number of benzene rings is 1. The third-order valence-corrected chi connectivity index (χ3v) is 4.69. The molecule has 1 aromatic heterocycles. The minimum Gasteiger partial charge on any atom is -0.326 e. The van der Waals surface area contributed by atoms with Gasteiger partial charge in [0.25, 0.3) is 10.0 Å². The van der Waals surface area contributed by atoms with E-state index in [4.69, 9.17) is 5.73 Å². The Bertz CT molecular complexity index is 653. The minimum atomic E-state index is -3.68. The van der Waals surface area contributed by atoms with Crippen molar-refractivity contribution < 1.29 is 12.8 Å². The highest BCUT2D eigenvalue weighted by Crippen LogP contribution is 2.21. The SMILES string of the molecule is NCc1cc(S(=O)(=O)Nc2cccc(F)c2)cs1. The van der Waals surface area contributed by atoms with Crippen molar-refractivity contribution in [2.45, 2.75) is 11.4 Å². The molecule has 96 valence electrons. The number of nitrogens with two attached hydrogens (primary N) is 1. The van der Waals surface area contributed by atoms with Crippen molar-refractivity contribution in [3.63, 3.8) is 0 Å². The molecule has 3 N–H and O–H groups in total. The number of anilines is 1. The van der Waals surface area contributed by atoms with Crippen LogP contribution in [0.5, 0.6) is 0 Å². The molecule has 0 radical (unpaired) electrons. The lowest BCUT2D eigenvalue weighted by atomic mass is 10.3. The highest BCUT2D eigenvalue weighted by atomic mass is 32.2. The van der Waals surface area contributed by atoms with Crippen molar-refractivity contribution in [2.75, 3.05) is 4.72 Å². The number of sulfonamides is 1. The predicted octanol–water partition coefficient (Wildman–Crippen LogP) is 2.15. The van der Waals surface area contributed by atoms with E-state index in [1.54, 1.807) is 0 Å². The van der Waals surface area contributed by atoms with Gasteiger partial charge in [-0.15, -0.1) is 11.3 Å². The standard InChI is InChI=1S/C11H11FN2O2S2/c12-8-2-1-3-9(4-8)14-18(15,16)11-5-10(6-13)17-7-11/h1-5,7,14H,6,13H2. The molecule has 0 atom stereocenters. The van der Waals surface area contributed by atoms with Gasteiger partial charge >= 0.3 is 0 Å². The molecular weight excluding hydrogens is 275 g/mol. The van der Waals surface area contributed by atoms with Crippen LogP contribution in [0, 0.1) is 5.82 Å². The molecule has 0 aliphatic heterocycles. The smallest absolute Gasteiger partial charge is 0.262 e. The maximum atomic E-state index is 13.0. The maximum absolute atomic E-state index is 13.0. The van der Waals surface area contributed by atoms with Gasteiger partial charge in [0.15, 0.2) is 0 Å². The number of hydrogen-bond donors (Lipinski definition) is 2. The van der Waals surface area contributed by atoms with Crippen LogP contribution >= 0.6 is 11.3 Å². The fourth-order valence-electron chi connectivity index (χ4n) is 1.37. The summed E-state index contributed by atoms with van der Waals surface area (Å²) in [4.78, 5) is 0.909. The van der Waals surface area contributed by atoms with Gasteiger partial charge in [0.1, 0.15) is 5.82 Å². The molecule has 0 unspecified atom stereocenters. The Kier molecular flexibility index (Phi) is 3.65. The molecule has 1 aromatic carbocycles. The van der Waals surface area contributed by atoms with Crippen LogP contribution in [0.2, 0.25) is 0 Å². The van der Waals surface area contributed by atoms with Crippen LogP contribution in [0.1, 0.15) is 4.88 Å². The summed E-state index contributed by atoms with van der Waals surface area (Å²) < 4.78 is 39.2. The van der Waals surface area contributed by atoms with Crippen LogP contribution in [-0.4, -0.2) is 8.42 Å². The molecule has 0 bridgehead atoms. The molecule has 0 fully saturated rings. The Morgan fingerprint density at radius 3 is 2.72 bits per heavy atom.